The van der Waals surface area contributed by atoms with Crippen LogP contribution in [0.2, 0.25) is 0 Å². The minimum absolute atomic E-state index is 0.442. The lowest BCUT2D eigenvalue weighted by Gasteiger charge is -2.31. The first-order chi connectivity index (χ1) is 5.93. The van der Waals surface area contributed by atoms with Crippen LogP contribution in [0.15, 0.2) is 0 Å². The second-order valence-corrected chi connectivity index (χ2v) is 3.76. The second-order valence-electron chi connectivity index (χ2n) is 3.76. The van der Waals surface area contributed by atoms with Gasteiger partial charge in [0, 0.05) is 0 Å². The number of aliphatic hydroxyl groups is 2. The zero-order chi connectivity index (χ0) is 10.2. The number of aliphatic hydroxyl groups excluding tert-OH is 2. The van der Waals surface area contributed by atoms with E-state index in [0.717, 1.165) is 0 Å². The number of rotatable bonds is 2. The molecule has 1 rings (SSSR count). The van der Waals surface area contributed by atoms with Crippen molar-refractivity contribution in [2.75, 3.05) is 0 Å². The van der Waals surface area contributed by atoms with Gasteiger partial charge in [0.25, 0.3) is 0 Å². The van der Waals surface area contributed by atoms with Gasteiger partial charge in [0.2, 0.25) is 0 Å². The van der Waals surface area contributed by atoms with Crippen molar-refractivity contribution < 1.29 is 19.7 Å². The topological polar surface area (TPSA) is 66.8 Å². The highest BCUT2D eigenvalue weighted by Gasteiger charge is 2.53. The van der Waals surface area contributed by atoms with E-state index in [2.05, 4.69) is 0 Å². The SMILES string of the molecule is CCC(O)C1(C)OC(=O)C(C)C1O. The minimum Gasteiger partial charge on any atom is -0.454 e. The van der Waals surface area contributed by atoms with Gasteiger partial charge in [0.1, 0.15) is 6.10 Å². The Morgan fingerprint density at radius 3 is 2.54 bits per heavy atom. The molecule has 1 heterocycles. The van der Waals surface area contributed by atoms with Crippen LogP contribution in [-0.4, -0.2) is 34.0 Å². The smallest absolute Gasteiger partial charge is 0.312 e. The number of carbonyl (C=O) groups excluding carboxylic acids is 1. The van der Waals surface area contributed by atoms with Gasteiger partial charge in [-0.15, -0.1) is 0 Å². The number of carbonyl (C=O) groups is 1. The third-order valence-corrected chi connectivity index (χ3v) is 2.80. The second kappa shape index (κ2) is 3.27. The first-order valence-electron chi connectivity index (χ1n) is 4.52. The highest BCUT2D eigenvalue weighted by molar-refractivity contribution is 5.76. The van der Waals surface area contributed by atoms with Crippen LogP contribution in [0.4, 0.5) is 0 Å². The van der Waals surface area contributed by atoms with E-state index < -0.39 is 29.7 Å². The highest BCUT2D eigenvalue weighted by Crippen LogP contribution is 2.34. The normalized spacial score (nSPS) is 41.8. The largest absolute Gasteiger partial charge is 0.454 e. The summed E-state index contributed by atoms with van der Waals surface area (Å²) in [6, 6.07) is 0. The van der Waals surface area contributed by atoms with Crippen molar-refractivity contribution in [3.63, 3.8) is 0 Å². The van der Waals surface area contributed by atoms with Gasteiger partial charge in [-0.3, -0.25) is 4.79 Å². The maximum atomic E-state index is 11.1. The summed E-state index contributed by atoms with van der Waals surface area (Å²) >= 11 is 0. The van der Waals surface area contributed by atoms with Gasteiger partial charge in [-0.2, -0.15) is 0 Å². The van der Waals surface area contributed by atoms with Gasteiger partial charge in [-0.1, -0.05) is 6.92 Å². The molecule has 13 heavy (non-hydrogen) atoms. The lowest BCUT2D eigenvalue weighted by molar-refractivity contribution is -0.163. The average molecular weight is 188 g/mol. The standard InChI is InChI=1S/C9H16O4/c1-4-6(10)9(3)7(11)5(2)8(12)13-9/h5-7,10-11H,4H2,1-3H3. The van der Waals surface area contributed by atoms with E-state index in [4.69, 9.17) is 4.74 Å². The van der Waals surface area contributed by atoms with E-state index >= 15 is 0 Å². The molecule has 0 spiro atoms. The molecular formula is C9H16O4. The molecule has 1 fully saturated rings. The van der Waals surface area contributed by atoms with Gasteiger partial charge in [-0.05, 0) is 20.3 Å². The first kappa shape index (κ1) is 10.5. The van der Waals surface area contributed by atoms with Gasteiger partial charge in [0.05, 0.1) is 12.0 Å². The van der Waals surface area contributed by atoms with Crippen LogP contribution in [0.3, 0.4) is 0 Å². The molecule has 4 heteroatoms. The van der Waals surface area contributed by atoms with Crippen LogP contribution in [0.5, 0.6) is 0 Å². The van der Waals surface area contributed by atoms with Gasteiger partial charge in [-0.25, -0.2) is 0 Å². The van der Waals surface area contributed by atoms with Gasteiger partial charge >= 0.3 is 5.97 Å². The van der Waals surface area contributed by atoms with Crippen molar-refractivity contribution in [3.8, 4) is 0 Å². The van der Waals surface area contributed by atoms with Crippen LogP contribution >= 0.6 is 0 Å². The molecule has 1 aliphatic rings. The van der Waals surface area contributed by atoms with Gasteiger partial charge < -0.3 is 14.9 Å². The number of hydrogen-bond acceptors (Lipinski definition) is 4. The van der Waals surface area contributed by atoms with E-state index in [1.54, 1.807) is 20.8 Å². The van der Waals surface area contributed by atoms with Crippen LogP contribution in [-0.2, 0) is 9.53 Å². The summed E-state index contributed by atoms with van der Waals surface area (Å²) < 4.78 is 4.99. The quantitative estimate of drug-likeness (QED) is 0.602. The predicted octanol–water partition coefficient (Wildman–Crippen LogP) is 0.0698. The molecular weight excluding hydrogens is 172 g/mol. The Morgan fingerprint density at radius 1 is 1.69 bits per heavy atom. The summed E-state index contributed by atoms with van der Waals surface area (Å²) in [5.41, 5.74) is -1.13. The lowest BCUT2D eigenvalue weighted by Crippen LogP contribution is -2.48. The monoisotopic (exact) mass is 188 g/mol. The fourth-order valence-corrected chi connectivity index (χ4v) is 1.67. The third kappa shape index (κ3) is 1.44. The molecule has 1 aliphatic heterocycles. The molecule has 0 aromatic heterocycles. The summed E-state index contributed by atoms with van der Waals surface area (Å²) in [7, 11) is 0. The molecule has 0 bridgehead atoms. The maximum absolute atomic E-state index is 11.1. The summed E-state index contributed by atoms with van der Waals surface area (Å²) in [6.07, 6.45) is -1.28. The van der Waals surface area contributed by atoms with Gasteiger partial charge in [0.15, 0.2) is 5.60 Å². The number of ether oxygens (including phenoxy) is 1. The number of cyclic esters (lactones) is 1. The van der Waals surface area contributed by atoms with E-state index in [1.807, 2.05) is 0 Å². The zero-order valence-corrected chi connectivity index (χ0v) is 8.15. The van der Waals surface area contributed by atoms with Crippen molar-refractivity contribution in [3.05, 3.63) is 0 Å². The van der Waals surface area contributed by atoms with E-state index in [-0.39, 0.29) is 0 Å². The van der Waals surface area contributed by atoms with E-state index in [0.29, 0.717) is 6.42 Å². The number of hydrogen-bond donors (Lipinski definition) is 2. The summed E-state index contributed by atoms with van der Waals surface area (Å²) in [5.74, 6) is -0.992. The average Bonchev–Trinajstić information content (AvgIpc) is 2.30. The minimum atomic E-state index is -1.13. The van der Waals surface area contributed by atoms with Crippen molar-refractivity contribution >= 4 is 5.97 Å². The summed E-state index contributed by atoms with van der Waals surface area (Å²) in [6.45, 7) is 4.94. The molecule has 0 aliphatic carbocycles. The molecule has 1 saturated heterocycles. The van der Waals surface area contributed by atoms with Crippen molar-refractivity contribution in [1.29, 1.82) is 0 Å². The molecule has 4 unspecified atom stereocenters. The van der Waals surface area contributed by atoms with Crippen LogP contribution in [0.1, 0.15) is 27.2 Å². The zero-order valence-electron chi connectivity index (χ0n) is 8.15. The number of esters is 1. The Bertz CT molecular complexity index is 216. The molecule has 0 radical (unpaired) electrons. The Labute approximate surface area is 77.5 Å². The van der Waals surface area contributed by atoms with Crippen LogP contribution in [0, 0.1) is 5.92 Å². The first-order valence-corrected chi connectivity index (χ1v) is 4.52. The third-order valence-electron chi connectivity index (χ3n) is 2.80. The summed E-state index contributed by atoms with van der Waals surface area (Å²) in [5, 5.41) is 19.3. The van der Waals surface area contributed by atoms with Crippen LogP contribution < -0.4 is 0 Å². The lowest BCUT2D eigenvalue weighted by atomic mass is 9.87. The molecule has 76 valence electrons. The van der Waals surface area contributed by atoms with E-state index in [9.17, 15) is 15.0 Å². The maximum Gasteiger partial charge on any atom is 0.312 e. The fourth-order valence-electron chi connectivity index (χ4n) is 1.67. The Morgan fingerprint density at radius 2 is 2.23 bits per heavy atom. The van der Waals surface area contributed by atoms with Crippen LogP contribution in [0.25, 0.3) is 0 Å². The molecule has 4 atom stereocenters. The molecule has 4 nitrogen and oxygen atoms in total. The fraction of sp³-hybridized carbons (Fsp3) is 0.889. The molecule has 0 saturated carbocycles. The van der Waals surface area contributed by atoms with Crippen molar-refractivity contribution in [2.45, 2.75) is 45.0 Å². The van der Waals surface area contributed by atoms with Crippen molar-refractivity contribution in [2.24, 2.45) is 5.92 Å². The molecule has 0 amide bonds. The summed E-state index contributed by atoms with van der Waals surface area (Å²) in [4.78, 5) is 11.1. The highest BCUT2D eigenvalue weighted by atomic mass is 16.6. The molecule has 0 aromatic carbocycles. The van der Waals surface area contributed by atoms with Crippen molar-refractivity contribution in [1.82, 2.24) is 0 Å². The molecule has 0 aromatic rings. The van der Waals surface area contributed by atoms with E-state index in [1.165, 1.54) is 0 Å². The Hall–Kier alpha value is -0.610. The Kier molecular flexibility index (Phi) is 2.63. The Balaban J connectivity index is 2.87. The molecule has 2 N–H and O–H groups in total. The predicted molar refractivity (Wildman–Crippen MR) is 46.0 cm³/mol.